The van der Waals surface area contributed by atoms with Gasteiger partial charge in [0.05, 0.1) is 0 Å². The standard InChI is InChI=1S/C5H6N6O/c6-3-1-2(10-11-3)4(12)9-5(7)8-1/h(H3,6,10,11)(H3,7,8,9,12). The normalized spacial score (nSPS) is 10.7. The molecule has 2 rings (SSSR count). The highest BCUT2D eigenvalue weighted by atomic mass is 16.1. The van der Waals surface area contributed by atoms with Gasteiger partial charge in [0.2, 0.25) is 5.95 Å². The largest absolute Gasteiger partial charge is 0.380 e. The fourth-order valence-electron chi connectivity index (χ4n) is 0.949. The third-order valence-corrected chi connectivity index (χ3v) is 1.47. The van der Waals surface area contributed by atoms with Crippen molar-refractivity contribution in [1.29, 1.82) is 0 Å². The number of aromatic nitrogens is 4. The van der Waals surface area contributed by atoms with Gasteiger partial charge in [-0.25, -0.2) is 4.98 Å². The molecule has 7 nitrogen and oxygen atoms in total. The van der Waals surface area contributed by atoms with E-state index in [-0.39, 0.29) is 22.8 Å². The quantitative estimate of drug-likeness (QED) is 0.391. The molecule has 0 saturated heterocycles. The second-order valence-electron chi connectivity index (χ2n) is 2.28. The van der Waals surface area contributed by atoms with Crippen LogP contribution in [0.4, 0.5) is 11.8 Å². The molecule has 0 unspecified atom stereocenters. The number of hydrogen-bond acceptors (Lipinski definition) is 5. The molecule has 6 N–H and O–H groups in total. The fourth-order valence-corrected chi connectivity index (χ4v) is 0.949. The molecular formula is C5H6N6O. The minimum absolute atomic E-state index is 0.0283. The first-order valence-electron chi connectivity index (χ1n) is 3.18. The number of anilines is 2. The maximum atomic E-state index is 11.1. The Balaban J connectivity index is 3.03. The molecule has 0 amide bonds. The predicted molar refractivity (Wildman–Crippen MR) is 43.3 cm³/mol. The van der Waals surface area contributed by atoms with Gasteiger partial charge in [0.25, 0.3) is 5.56 Å². The highest BCUT2D eigenvalue weighted by Crippen LogP contribution is 2.10. The molecule has 0 atom stereocenters. The van der Waals surface area contributed by atoms with Gasteiger partial charge < -0.3 is 11.5 Å². The van der Waals surface area contributed by atoms with Crippen LogP contribution >= 0.6 is 0 Å². The lowest BCUT2D eigenvalue weighted by atomic mass is 10.4. The summed E-state index contributed by atoms with van der Waals surface area (Å²) in [5.41, 5.74) is 10.9. The van der Waals surface area contributed by atoms with Gasteiger partial charge in [-0.05, 0) is 0 Å². The molecular weight excluding hydrogens is 160 g/mol. The summed E-state index contributed by atoms with van der Waals surface area (Å²) in [5.74, 6) is 0.198. The molecule has 12 heavy (non-hydrogen) atoms. The van der Waals surface area contributed by atoms with Crippen LogP contribution in [-0.2, 0) is 0 Å². The molecule has 0 aromatic carbocycles. The molecule has 2 heterocycles. The second kappa shape index (κ2) is 1.97. The van der Waals surface area contributed by atoms with Crippen molar-refractivity contribution in [2.24, 2.45) is 0 Å². The Kier molecular flexibility index (Phi) is 1.09. The zero-order chi connectivity index (χ0) is 8.72. The molecule has 0 aliphatic heterocycles. The van der Waals surface area contributed by atoms with Crippen LogP contribution in [0.1, 0.15) is 0 Å². The van der Waals surface area contributed by atoms with E-state index in [4.69, 9.17) is 11.5 Å². The van der Waals surface area contributed by atoms with E-state index in [2.05, 4.69) is 20.2 Å². The van der Waals surface area contributed by atoms with Crippen molar-refractivity contribution in [3.05, 3.63) is 10.4 Å². The van der Waals surface area contributed by atoms with Gasteiger partial charge in [-0.15, -0.1) is 0 Å². The minimum Gasteiger partial charge on any atom is -0.380 e. The predicted octanol–water partition coefficient (Wildman–Crippen LogP) is -1.19. The van der Waals surface area contributed by atoms with E-state index in [0.717, 1.165) is 0 Å². The van der Waals surface area contributed by atoms with Crippen molar-refractivity contribution in [2.45, 2.75) is 0 Å². The monoisotopic (exact) mass is 166 g/mol. The number of H-pyrrole nitrogens is 2. The smallest absolute Gasteiger partial charge is 0.278 e. The van der Waals surface area contributed by atoms with Crippen LogP contribution in [0.25, 0.3) is 11.0 Å². The maximum absolute atomic E-state index is 11.1. The van der Waals surface area contributed by atoms with E-state index < -0.39 is 0 Å². The van der Waals surface area contributed by atoms with Gasteiger partial charge in [-0.2, -0.15) is 5.10 Å². The van der Waals surface area contributed by atoms with Crippen LogP contribution in [-0.4, -0.2) is 20.2 Å². The molecule has 0 bridgehead atoms. The Morgan fingerprint density at radius 1 is 1.33 bits per heavy atom. The first kappa shape index (κ1) is 6.65. The molecule has 0 saturated carbocycles. The summed E-state index contributed by atoms with van der Waals surface area (Å²) in [7, 11) is 0. The van der Waals surface area contributed by atoms with Crippen LogP contribution in [0.15, 0.2) is 4.79 Å². The fraction of sp³-hybridized carbons (Fsp3) is 0. The Bertz CT molecular complexity index is 482. The summed E-state index contributed by atoms with van der Waals surface area (Å²) < 4.78 is 0. The third-order valence-electron chi connectivity index (χ3n) is 1.47. The van der Waals surface area contributed by atoms with Crippen molar-refractivity contribution < 1.29 is 0 Å². The first-order valence-corrected chi connectivity index (χ1v) is 3.18. The first-order chi connectivity index (χ1) is 5.68. The summed E-state index contributed by atoms with van der Waals surface area (Å²) in [4.78, 5) is 17.2. The zero-order valence-corrected chi connectivity index (χ0v) is 5.96. The molecule has 0 fully saturated rings. The highest BCUT2D eigenvalue weighted by Gasteiger charge is 2.07. The molecule has 7 heteroatoms. The molecule has 2 aromatic rings. The molecule has 0 spiro atoms. The molecule has 0 aliphatic rings. The van der Waals surface area contributed by atoms with Crippen molar-refractivity contribution in [2.75, 3.05) is 11.5 Å². The summed E-state index contributed by atoms with van der Waals surface area (Å²) >= 11 is 0. The number of nitrogens with one attached hydrogen (secondary N) is 2. The number of aromatic amines is 2. The van der Waals surface area contributed by atoms with Gasteiger partial charge in [-0.3, -0.25) is 14.9 Å². The highest BCUT2D eigenvalue weighted by molar-refractivity contribution is 5.84. The molecule has 0 radical (unpaired) electrons. The molecule has 2 aromatic heterocycles. The number of hydrogen-bond donors (Lipinski definition) is 4. The zero-order valence-electron chi connectivity index (χ0n) is 5.96. The summed E-state index contributed by atoms with van der Waals surface area (Å²) in [6.07, 6.45) is 0. The lowest BCUT2D eigenvalue weighted by molar-refractivity contribution is 1.11. The summed E-state index contributed by atoms with van der Waals surface area (Å²) in [6.45, 7) is 0. The maximum Gasteiger partial charge on any atom is 0.278 e. The Morgan fingerprint density at radius 3 is 2.83 bits per heavy atom. The second-order valence-corrected chi connectivity index (χ2v) is 2.28. The van der Waals surface area contributed by atoms with Gasteiger partial charge in [0.1, 0.15) is 5.52 Å². The average Bonchev–Trinajstić information content (AvgIpc) is 2.33. The van der Waals surface area contributed by atoms with E-state index in [0.29, 0.717) is 5.52 Å². The number of nitrogens with two attached hydrogens (primary N) is 2. The van der Waals surface area contributed by atoms with Crippen molar-refractivity contribution in [3.8, 4) is 0 Å². The number of nitrogens with zero attached hydrogens (tertiary/aromatic N) is 2. The average molecular weight is 166 g/mol. The van der Waals surface area contributed by atoms with Crippen molar-refractivity contribution in [3.63, 3.8) is 0 Å². The van der Waals surface area contributed by atoms with Crippen molar-refractivity contribution in [1.82, 2.24) is 20.2 Å². The van der Waals surface area contributed by atoms with Crippen LogP contribution in [0.3, 0.4) is 0 Å². The number of fused-ring (bicyclic) bond motifs is 1. The van der Waals surface area contributed by atoms with E-state index in [1.807, 2.05) is 0 Å². The summed E-state index contributed by atoms with van der Waals surface area (Å²) in [6, 6.07) is 0. The van der Waals surface area contributed by atoms with Crippen LogP contribution < -0.4 is 17.0 Å². The minimum atomic E-state index is -0.373. The summed E-state index contributed by atoms with van der Waals surface area (Å²) in [5, 5.41) is 6.06. The van der Waals surface area contributed by atoms with Gasteiger partial charge in [0.15, 0.2) is 11.3 Å². The van der Waals surface area contributed by atoms with Crippen molar-refractivity contribution >= 4 is 22.8 Å². The third kappa shape index (κ3) is 0.729. The van der Waals surface area contributed by atoms with E-state index in [1.165, 1.54) is 0 Å². The van der Waals surface area contributed by atoms with Gasteiger partial charge in [0, 0.05) is 0 Å². The number of rotatable bonds is 0. The van der Waals surface area contributed by atoms with Gasteiger partial charge in [-0.1, -0.05) is 0 Å². The number of nitrogen functional groups attached to an aromatic ring is 2. The lowest BCUT2D eigenvalue weighted by Crippen LogP contribution is -2.11. The SMILES string of the molecule is Nc1nc2c(N)n[nH]c2c(=O)[nH]1. The Hall–Kier alpha value is -2.05. The van der Waals surface area contributed by atoms with E-state index in [9.17, 15) is 4.79 Å². The van der Waals surface area contributed by atoms with Crippen LogP contribution in [0, 0.1) is 0 Å². The Labute approximate surface area is 65.8 Å². The van der Waals surface area contributed by atoms with Crippen LogP contribution in [0.5, 0.6) is 0 Å². The lowest BCUT2D eigenvalue weighted by Gasteiger charge is -1.91. The van der Waals surface area contributed by atoms with E-state index >= 15 is 0 Å². The van der Waals surface area contributed by atoms with E-state index in [1.54, 1.807) is 0 Å². The van der Waals surface area contributed by atoms with Gasteiger partial charge >= 0.3 is 0 Å². The topological polar surface area (TPSA) is 126 Å². The molecule has 62 valence electrons. The van der Waals surface area contributed by atoms with Crippen LogP contribution in [0.2, 0.25) is 0 Å². The Morgan fingerprint density at radius 2 is 2.08 bits per heavy atom. The molecule has 0 aliphatic carbocycles.